The normalized spacial score (nSPS) is 25.0. The third-order valence-corrected chi connectivity index (χ3v) is 5.45. The highest BCUT2D eigenvalue weighted by Crippen LogP contribution is 2.44. The molecule has 3 heterocycles. The van der Waals surface area contributed by atoms with Gasteiger partial charge in [-0.1, -0.05) is 17.8 Å². The Morgan fingerprint density at radius 2 is 2.24 bits per heavy atom. The van der Waals surface area contributed by atoms with Gasteiger partial charge in [-0.15, -0.1) is 11.3 Å². The smallest absolute Gasteiger partial charge is 0.338 e. The third-order valence-electron chi connectivity index (χ3n) is 3.48. The summed E-state index contributed by atoms with van der Waals surface area (Å²) in [5.41, 5.74) is 1.05. The number of amidine groups is 1. The highest BCUT2D eigenvalue weighted by atomic mass is 32.2. The number of rotatable bonds is 2. The number of ether oxygens (including phenoxy) is 1. The molecule has 1 aromatic rings. The molecule has 0 bridgehead atoms. The highest BCUT2D eigenvalue weighted by Gasteiger charge is 2.46. The van der Waals surface area contributed by atoms with Crippen LogP contribution in [-0.2, 0) is 14.3 Å². The van der Waals surface area contributed by atoms with Crippen molar-refractivity contribution in [2.24, 2.45) is 4.99 Å². The molecule has 1 fully saturated rings. The van der Waals surface area contributed by atoms with E-state index in [1.54, 1.807) is 11.8 Å². The molecular formula is C14H14N2O3S2. The van der Waals surface area contributed by atoms with E-state index in [9.17, 15) is 9.59 Å². The minimum absolute atomic E-state index is 0.0222. The van der Waals surface area contributed by atoms with E-state index in [1.165, 1.54) is 30.2 Å². The van der Waals surface area contributed by atoms with Crippen LogP contribution >= 0.6 is 23.1 Å². The molecule has 1 saturated heterocycles. The average Bonchev–Trinajstić information content (AvgIpc) is 3.07. The molecule has 0 radical (unpaired) electrons. The predicted molar refractivity (Wildman–Crippen MR) is 83.1 cm³/mol. The molecule has 7 heteroatoms. The first kappa shape index (κ1) is 14.3. The maximum absolute atomic E-state index is 12.5. The second-order valence-electron chi connectivity index (χ2n) is 4.77. The van der Waals surface area contributed by atoms with Gasteiger partial charge in [-0.2, -0.15) is 0 Å². The summed E-state index contributed by atoms with van der Waals surface area (Å²) >= 11 is 2.94. The van der Waals surface area contributed by atoms with Gasteiger partial charge in [0.05, 0.1) is 23.6 Å². The Labute approximate surface area is 130 Å². The van der Waals surface area contributed by atoms with Crippen LogP contribution in [0.1, 0.15) is 24.8 Å². The summed E-state index contributed by atoms with van der Waals surface area (Å²) in [5.74, 6) is -0.461. The van der Waals surface area contributed by atoms with Crippen LogP contribution in [0.4, 0.5) is 0 Å². The van der Waals surface area contributed by atoms with E-state index in [4.69, 9.17) is 4.74 Å². The van der Waals surface area contributed by atoms with Crippen molar-refractivity contribution in [3.8, 4) is 0 Å². The van der Waals surface area contributed by atoms with Crippen molar-refractivity contribution in [3.63, 3.8) is 0 Å². The zero-order chi connectivity index (χ0) is 15.1. The van der Waals surface area contributed by atoms with Gasteiger partial charge in [0.25, 0.3) is 0 Å². The first-order valence-corrected chi connectivity index (χ1v) is 8.21. The number of fused-ring (bicyclic) bond motifs is 1. The van der Waals surface area contributed by atoms with E-state index in [0.29, 0.717) is 16.4 Å². The zero-order valence-electron chi connectivity index (χ0n) is 11.8. The molecule has 2 atom stereocenters. The number of allylic oxidation sites excluding steroid dienone is 1. The molecule has 1 aromatic heterocycles. The van der Waals surface area contributed by atoms with Crippen molar-refractivity contribution in [1.29, 1.82) is 0 Å². The molecule has 0 aliphatic carbocycles. The summed E-state index contributed by atoms with van der Waals surface area (Å²) in [5, 5.41) is 2.41. The molecule has 0 saturated carbocycles. The van der Waals surface area contributed by atoms with Crippen molar-refractivity contribution in [2.75, 3.05) is 7.11 Å². The number of nitrogens with zero attached hydrogens (tertiary/aromatic N) is 2. The number of carbonyl (C=O) groups is 2. The van der Waals surface area contributed by atoms with Gasteiger partial charge in [-0.3, -0.25) is 9.69 Å². The van der Waals surface area contributed by atoms with Crippen molar-refractivity contribution in [1.82, 2.24) is 4.90 Å². The van der Waals surface area contributed by atoms with Crippen molar-refractivity contribution in [2.45, 2.75) is 25.1 Å². The molecule has 1 amide bonds. The summed E-state index contributed by atoms with van der Waals surface area (Å²) in [6, 6.07) is 3.40. The lowest BCUT2D eigenvalue weighted by atomic mass is 10.0. The first-order chi connectivity index (χ1) is 10.0. The molecule has 5 nitrogen and oxygen atoms in total. The summed E-state index contributed by atoms with van der Waals surface area (Å²) in [7, 11) is 1.34. The van der Waals surface area contributed by atoms with Gasteiger partial charge in [0.2, 0.25) is 5.91 Å². The molecule has 110 valence electrons. The highest BCUT2D eigenvalue weighted by molar-refractivity contribution is 8.15. The van der Waals surface area contributed by atoms with E-state index in [1.807, 2.05) is 24.4 Å². The topological polar surface area (TPSA) is 59.0 Å². The molecule has 2 aliphatic rings. The molecule has 2 aliphatic heterocycles. The number of thiophene rings is 1. The Bertz CT molecular complexity index is 664. The second-order valence-corrected chi connectivity index (χ2v) is 7.06. The minimum Gasteiger partial charge on any atom is -0.466 e. The van der Waals surface area contributed by atoms with Gasteiger partial charge in [0.15, 0.2) is 5.17 Å². The van der Waals surface area contributed by atoms with Crippen LogP contribution in [0, 0.1) is 0 Å². The van der Waals surface area contributed by atoms with Gasteiger partial charge in [-0.05, 0) is 25.3 Å². The van der Waals surface area contributed by atoms with Crippen LogP contribution in [0.25, 0.3) is 0 Å². The van der Waals surface area contributed by atoms with Crippen LogP contribution in [-0.4, -0.2) is 34.3 Å². The lowest BCUT2D eigenvalue weighted by Gasteiger charge is -2.31. The van der Waals surface area contributed by atoms with Gasteiger partial charge < -0.3 is 4.74 Å². The minimum atomic E-state index is -0.439. The standard InChI is InChI=1S/C14H14N2O3S2/c1-7-10(13(18)19-3)11(9-5-4-6-20-9)16-12(17)8(2)21-14(16)15-7/h4-6,8,11H,1-3H3/t8-,11-/m1/s1. The number of hydrogen-bond acceptors (Lipinski definition) is 6. The van der Waals surface area contributed by atoms with E-state index in [2.05, 4.69) is 4.99 Å². The largest absolute Gasteiger partial charge is 0.466 e. The monoisotopic (exact) mass is 322 g/mol. The van der Waals surface area contributed by atoms with Crippen molar-refractivity contribution >= 4 is 40.1 Å². The molecule has 0 spiro atoms. The fourth-order valence-corrected chi connectivity index (χ4v) is 4.34. The Morgan fingerprint density at radius 3 is 2.86 bits per heavy atom. The molecule has 0 unspecified atom stereocenters. The number of thioether (sulfide) groups is 1. The summed E-state index contributed by atoms with van der Waals surface area (Å²) < 4.78 is 4.89. The van der Waals surface area contributed by atoms with E-state index in [-0.39, 0.29) is 11.2 Å². The van der Waals surface area contributed by atoms with E-state index in [0.717, 1.165) is 4.88 Å². The Hall–Kier alpha value is -1.60. The number of hydrogen-bond donors (Lipinski definition) is 0. The van der Waals surface area contributed by atoms with Crippen LogP contribution < -0.4 is 0 Å². The first-order valence-electron chi connectivity index (χ1n) is 6.45. The summed E-state index contributed by atoms with van der Waals surface area (Å²) in [4.78, 5) is 31.6. The average molecular weight is 322 g/mol. The second kappa shape index (κ2) is 5.31. The lowest BCUT2D eigenvalue weighted by molar-refractivity contribution is -0.137. The van der Waals surface area contributed by atoms with Gasteiger partial charge in [0.1, 0.15) is 6.04 Å². The number of methoxy groups -OCH3 is 1. The maximum atomic E-state index is 12.5. The quantitative estimate of drug-likeness (QED) is 0.785. The van der Waals surface area contributed by atoms with E-state index >= 15 is 0 Å². The third kappa shape index (κ3) is 2.20. The van der Waals surface area contributed by atoms with Crippen LogP contribution in [0.2, 0.25) is 0 Å². The van der Waals surface area contributed by atoms with Crippen molar-refractivity contribution in [3.05, 3.63) is 33.7 Å². The Kier molecular flexibility index (Phi) is 3.62. The number of aliphatic imine (C=N–C) groups is 1. The lowest BCUT2D eigenvalue weighted by Crippen LogP contribution is -2.40. The molecule has 3 rings (SSSR count). The zero-order valence-corrected chi connectivity index (χ0v) is 13.5. The SMILES string of the molecule is COC(=O)C1=C(C)N=C2S[C@H](C)C(=O)N2[C@@H]1c1cccs1. The Balaban J connectivity index is 2.16. The molecular weight excluding hydrogens is 308 g/mol. The molecule has 0 aromatic carbocycles. The van der Waals surface area contributed by atoms with Crippen molar-refractivity contribution < 1.29 is 14.3 Å². The summed E-state index contributed by atoms with van der Waals surface area (Å²) in [6.07, 6.45) is 0. The molecule has 0 N–H and O–H groups in total. The number of amides is 1. The van der Waals surface area contributed by atoms with Crippen LogP contribution in [0.15, 0.2) is 33.8 Å². The maximum Gasteiger partial charge on any atom is 0.338 e. The fraction of sp³-hybridized carbons (Fsp3) is 0.357. The summed E-state index contributed by atoms with van der Waals surface area (Å²) in [6.45, 7) is 3.64. The molecule has 21 heavy (non-hydrogen) atoms. The fourth-order valence-electron chi connectivity index (χ4n) is 2.49. The van der Waals surface area contributed by atoms with Gasteiger partial charge in [0, 0.05) is 4.88 Å². The Morgan fingerprint density at radius 1 is 1.48 bits per heavy atom. The number of esters is 1. The van der Waals surface area contributed by atoms with Gasteiger partial charge >= 0.3 is 5.97 Å². The van der Waals surface area contributed by atoms with Crippen LogP contribution in [0.5, 0.6) is 0 Å². The predicted octanol–water partition coefficient (Wildman–Crippen LogP) is 2.57. The van der Waals surface area contributed by atoms with Crippen LogP contribution in [0.3, 0.4) is 0 Å². The van der Waals surface area contributed by atoms with E-state index < -0.39 is 12.0 Å². The van der Waals surface area contributed by atoms with Gasteiger partial charge in [-0.25, -0.2) is 9.79 Å². The number of carbonyl (C=O) groups excluding carboxylic acids is 2.